The molecule has 1 fully saturated rings. The smallest absolute Gasteiger partial charge is 0.437 e. The molecule has 166 valence electrons. The Morgan fingerprint density at radius 3 is 2.39 bits per heavy atom. The number of aliphatic hydroxyl groups is 1. The molecular formula is C21H21F3N2O4S. The molecule has 0 unspecified atom stereocenters. The summed E-state index contributed by atoms with van der Waals surface area (Å²) in [7, 11) is 0. The number of carbonyl (C=O) groups is 1. The van der Waals surface area contributed by atoms with Crippen molar-refractivity contribution in [3.05, 3.63) is 65.7 Å². The van der Waals surface area contributed by atoms with Gasteiger partial charge in [0.2, 0.25) is 0 Å². The van der Waals surface area contributed by atoms with Crippen molar-refractivity contribution in [2.45, 2.75) is 31.5 Å². The number of rotatable bonds is 6. The van der Waals surface area contributed by atoms with Crippen LogP contribution in [-0.4, -0.2) is 34.7 Å². The first kappa shape index (κ1) is 22.8. The molecule has 2 aromatic rings. The van der Waals surface area contributed by atoms with E-state index in [1.165, 1.54) is 19.1 Å². The van der Waals surface area contributed by atoms with E-state index in [0.29, 0.717) is 17.9 Å². The van der Waals surface area contributed by atoms with Gasteiger partial charge in [-0.1, -0.05) is 42.5 Å². The SMILES string of the molecule is CCOC(=O)[C@@H]1[C@H](c2ccc(OCc3ccccc3)cc2)NC(=S)N[C@]1(O)C(F)(F)F. The molecule has 0 amide bonds. The van der Waals surface area contributed by atoms with Crippen LogP contribution in [-0.2, 0) is 16.1 Å². The minimum Gasteiger partial charge on any atom is -0.489 e. The van der Waals surface area contributed by atoms with Crippen molar-refractivity contribution >= 4 is 23.3 Å². The number of hydrogen-bond donors (Lipinski definition) is 3. The summed E-state index contributed by atoms with van der Waals surface area (Å²) in [5.41, 5.74) is -2.33. The summed E-state index contributed by atoms with van der Waals surface area (Å²) < 4.78 is 51.7. The molecule has 1 saturated heterocycles. The predicted molar refractivity (Wildman–Crippen MR) is 110 cm³/mol. The van der Waals surface area contributed by atoms with Crippen LogP contribution < -0.4 is 15.4 Å². The fraction of sp³-hybridized carbons (Fsp3) is 0.333. The molecule has 0 radical (unpaired) electrons. The number of benzene rings is 2. The van der Waals surface area contributed by atoms with Crippen LogP contribution in [0.2, 0.25) is 0 Å². The zero-order chi connectivity index (χ0) is 22.6. The number of halogens is 3. The van der Waals surface area contributed by atoms with E-state index < -0.39 is 34.9 Å². The predicted octanol–water partition coefficient (Wildman–Crippen LogP) is 3.21. The maximum absolute atomic E-state index is 13.7. The molecule has 0 saturated carbocycles. The van der Waals surface area contributed by atoms with Crippen molar-refractivity contribution in [3.63, 3.8) is 0 Å². The minimum absolute atomic E-state index is 0.146. The summed E-state index contributed by atoms with van der Waals surface area (Å²) in [6.45, 7) is 1.63. The third-order valence-electron chi connectivity index (χ3n) is 4.83. The van der Waals surface area contributed by atoms with Gasteiger partial charge in [-0.3, -0.25) is 4.79 Å². The largest absolute Gasteiger partial charge is 0.489 e. The molecule has 3 atom stereocenters. The average molecular weight is 454 g/mol. The van der Waals surface area contributed by atoms with Crippen LogP contribution in [0, 0.1) is 5.92 Å². The Balaban J connectivity index is 1.87. The van der Waals surface area contributed by atoms with E-state index in [4.69, 9.17) is 21.7 Å². The first-order valence-electron chi connectivity index (χ1n) is 9.47. The summed E-state index contributed by atoms with van der Waals surface area (Å²) >= 11 is 4.87. The minimum atomic E-state index is -5.19. The lowest BCUT2D eigenvalue weighted by molar-refractivity contribution is -0.292. The third kappa shape index (κ3) is 4.91. The Kier molecular flexibility index (Phi) is 6.71. The van der Waals surface area contributed by atoms with Gasteiger partial charge in [-0.05, 0) is 42.4 Å². The molecule has 1 aliphatic rings. The highest BCUT2D eigenvalue weighted by Gasteiger charge is 2.66. The molecule has 31 heavy (non-hydrogen) atoms. The van der Waals surface area contributed by atoms with E-state index in [1.54, 1.807) is 17.4 Å². The van der Waals surface area contributed by atoms with Crippen molar-refractivity contribution in [3.8, 4) is 5.75 Å². The van der Waals surface area contributed by atoms with Gasteiger partial charge >= 0.3 is 12.1 Å². The van der Waals surface area contributed by atoms with Gasteiger partial charge in [-0.25, -0.2) is 0 Å². The van der Waals surface area contributed by atoms with Gasteiger partial charge in [0, 0.05) is 0 Å². The van der Waals surface area contributed by atoms with Gasteiger partial charge < -0.3 is 25.2 Å². The topological polar surface area (TPSA) is 79.8 Å². The van der Waals surface area contributed by atoms with Crippen molar-refractivity contribution < 1.29 is 32.5 Å². The van der Waals surface area contributed by atoms with Gasteiger partial charge in [-0.15, -0.1) is 0 Å². The molecule has 3 N–H and O–H groups in total. The van der Waals surface area contributed by atoms with Crippen LogP contribution in [0.4, 0.5) is 13.2 Å². The van der Waals surface area contributed by atoms with Gasteiger partial charge in [0.05, 0.1) is 12.6 Å². The average Bonchev–Trinajstić information content (AvgIpc) is 2.72. The van der Waals surface area contributed by atoms with Crippen molar-refractivity contribution in [1.82, 2.24) is 10.6 Å². The van der Waals surface area contributed by atoms with Crippen LogP contribution in [0.25, 0.3) is 0 Å². The van der Waals surface area contributed by atoms with Gasteiger partial charge in [0.25, 0.3) is 5.72 Å². The summed E-state index contributed by atoms with van der Waals surface area (Å²) in [6.07, 6.45) is -5.19. The zero-order valence-electron chi connectivity index (χ0n) is 16.5. The highest BCUT2D eigenvalue weighted by atomic mass is 32.1. The van der Waals surface area contributed by atoms with Gasteiger partial charge in [0.1, 0.15) is 18.3 Å². The molecule has 0 aromatic heterocycles. The highest BCUT2D eigenvalue weighted by molar-refractivity contribution is 7.80. The molecular weight excluding hydrogens is 433 g/mol. The van der Waals surface area contributed by atoms with E-state index in [1.807, 2.05) is 30.3 Å². The van der Waals surface area contributed by atoms with Crippen molar-refractivity contribution in [2.75, 3.05) is 6.61 Å². The number of hydrogen-bond acceptors (Lipinski definition) is 5. The van der Waals surface area contributed by atoms with E-state index >= 15 is 0 Å². The zero-order valence-corrected chi connectivity index (χ0v) is 17.3. The molecule has 1 aliphatic heterocycles. The molecule has 0 bridgehead atoms. The van der Waals surface area contributed by atoms with Crippen LogP contribution >= 0.6 is 12.2 Å². The lowest BCUT2D eigenvalue weighted by Gasteiger charge is -2.45. The van der Waals surface area contributed by atoms with Crippen LogP contribution in [0.5, 0.6) is 5.75 Å². The highest BCUT2D eigenvalue weighted by Crippen LogP contribution is 2.43. The number of ether oxygens (including phenoxy) is 2. The standard InChI is InChI=1S/C21H21F3N2O4S/c1-2-29-18(27)16-17(25-19(31)26-20(16,28)21(22,23)24)14-8-10-15(11-9-14)30-12-13-6-4-3-5-7-13/h3-11,16-17,28H,2,12H2,1H3,(H2,25,26,31)/t16-,17-,20+/m0/s1. The quantitative estimate of drug-likeness (QED) is 0.457. The van der Waals surface area contributed by atoms with E-state index in [0.717, 1.165) is 5.56 Å². The third-order valence-corrected chi connectivity index (χ3v) is 5.05. The Morgan fingerprint density at radius 1 is 1.16 bits per heavy atom. The second-order valence-corrected chi connectivity index (χ2v) is 7.32. The Hall–Kier alpha value is -2.85. The number of thiocarbonyl (C=S) groups is 1. The lowest BCUT2D eigenvalue weighted by atomic mass is 9.82. The van der Waals surface area contributed by atoms with Crippen molar-refractivity contribution in [2.24, 2.45) is 5.92 Å². The first-order valence-corrected chi connectivity index (χ1v) is 9.87. The molecule has 2 aromatic carbocycles. The molecule has 1 heterocycles. The second-order valence-electron chi connectivity index (χ2n) is 6.91. The maximum atomic E-state index is 13.7. The monoisotopic (exact) mass is 454 g/mol. The molecule has 0 aliphatic carbocycles. The number of alkyl halides is 3. The molecule has 0 spiro atoms. The van der Waals surface area contributed by atoms with Gasteiger partial charge in [0.15, 0.2) is 5.11 Å². The summed E-state index contributed by atoms with van der Waals surface area (Å²) in [6, 6.07) is 14.3. The summed E-state index contributed by atoms with van der Waals surface area (Å²) in [5, 5.41) is 14.4. The van der Waals surface area contributed by atoms with E-state index in [9.17, 15) is 23.1 Å². The Bertz CT molecular complexity index is 924. The second kappa shape index (κ2) is 9.11. The van der Waals surface area contributed by atoms with Crippen LogP contribution in [0.3, 0.4) is 0 Å². The van der Waals surface area contributed by atoms with Gasteiger partial charge in [-0.2, -0.15) is 13.2 Å². The molecule has 10 heteroatoms. The summed E-state index contributed by atoms with van der Waals surface area (Å²) in [5.74, 6) is -2.75. The lowest BCUT2D eigenvalue weighted by Crippen LogP contribution is -2.73. The van der Waals surface area contributed by atoms with Crippen LogP contribution in [0.15, 0.2) is 54.6 Å². The normalized spacial score (nSPS) is 23.5. The molecule has 3 rings (SSSR count). The maximum Gasteiger partial charge on any atom is 0.437 e. The molecule has 6 nitrogen and oxygen atoms in total. The fourth-order valence-electron chi connectivity index (χ4n) is 3.33. The Morgan fingerprint density at radius 2 is 1.81 bits per heavy atom. The van der Waals surface area contributed by atoms with Crippen LogP contribution in [0.1, 0.15) is 24.1 Å². The fourth-order valence-corrected chi connectivity index (χ4v) is 3.61. The van der Waals surface area contributed by atoms with E-state index in [-0.39, 0.29) is 6.61 Å². The Labute approximate surface area is 182 Å². The number of carbonyl (C=O) groups excluding carboxylic acids is 1. The number of esters is 1. The summed E-state index contributed by atoms with van der Waals surface area (Å²) in [4.78, 5) is 12.4. The number of nitrogens with one attached hydrogen (secondary N) is 2. The first-order chi connectivity index (χ1) is 14.7. The van der Waals surface area contributed by atoms with E-state index in [2.05, 4.69) is 5.32 Å². The van der Waals surface area contributed by atoms with Crippen molar-refractivity contribution in [1.29, 1.82) is 0 Å².